The first-order chi connectivity index (χ1) is 14.4. The fourth-order valence-electron chi connectivity index (χ4n) is 3.89. The lowest BCUT2D eigenvalue weighted by atomic mass is 10.0. The first-order valence-electron chi connectivity index (χ1n) is 9.71. The molecule has 1 atom stereocenters. The summed E-state index contributed by atoms with van der Waals surface area (Å²) in [4.78, 5) is 36.1. The third kappa shape index (κ3) is 3.78. The fourth-order valence-corrected chi connectivity index (χ4v) is 3.89. The summed E-state index contributed by atoms with van der Waals surface area (Å²) in [7, 11) is 0. The fraction of sp³-hybridized carbons (Fsp3) is 0.261. The molecule has 1 heterocycles. The smallest absolute Gasteiger partial charge is 0.339 e. The normalized spacial score (nSPS) is 13.6. The number of carbonyl (C=O) groups excluding carboxylic acids is 2. The van der Waals surface area contributed by atoms with Gasteiger partial charge in [0.05, 0.1) is 17.4 Å². The molecule has 1 N–H and O–H groups in total. The highest BCUT2D eigenvalue weighted by Gasteiger charge is 2.23. The Kier molecular flexibility index (Phi) is 5.27. The van der Waals surface area contributed by atoms with Crippen molar-refractivity contribution >= 4 is 22.8 Å². The molecule has 7 heteroatoms. The minimum absolute atomic E-state index is 0.330. The molecule has 7 nitrogen and oxygen atoms in total. The number of hydrogen-bond donors (Lipinski definition) is 1. The molecule has 30 heavy (non-hydrogen) atoms. The van der Waals surface area contributed by atoms with Crippen LogP contribution in [-0.2, 0) is 22.4 Å². The topological polar surface area (TPSA) is 109 Å². The van der Waals surface area contributed by atoms with Gasteiger partial charge in [-0.05, 0) is 55.0 Å². The van der Waals surface area contributed by atoms with Crippen molar-refractivity contribution in [3.63, 3.8) is 0 Å². The lowest BCUT2D eigenvalue weighted by Gasteiger charge is -2.20. The van der Waals surface area contributed by atoms with Gasteiger partial charge in [-0.3, -0.25) is 4.79 Å². The van der Waals surface area contributed by atoms with Gasteiger partial charge in [0.2, 0.25) is 0 Å². The molecule has 0 bridgehead atoms. The van der Waals surface area contributed by atoms with Crippen molar-refractivity contribution in [2.24, 2.45) is 0 Å². The molecule has 1 amide bonds. The van der Waals surface area contributed by atoms with Crippen LogP contribution >= 0.6 is 0 Å². The number of fused-ring (bicyclic) bond motifs is 3. The third-order valence-electron chi connectivity index (χ3n) is 5.21. The van der Waals surface area contributed by atoms with Crippen LogP contribution < -0.4 is 20.8 Å². The van der Waals surface area contributed by atoms with Gasteiger partial charge in [0.15, 0.2) is 6.61 Å². The van der Waals surface area contributed by atoms with Crippen LogP contribution in [0.5, 0.6) is 5.75 Å². The molecule has 2 aromatic carbocycles. The Balaban J connectivity index is 1.58. The van der Waals surface area contributed by atoms with Crippen molar-refractivity contribution in [1.82, 2.24) is 5.32 Å². The lowest BCUT2D eigenvalue weighted by Crippen LogP contribution is -2.42. The van der Waals surface area contributed by atoms with Gasteiger partial charge in [0.25, 0.3) is 5.91 Å². The maximum absolute atomic E-state index is 12.4. The van der Waals surface area contributed by atoms with Gasteiger partial charge in [0.1, 0.15) is 11.3 Å². The van der Waals surface area contributed by atoms with Gasteiger partial charge >= 0.3 is 5.63 Å². The molecule has 1 aliphatic rings. The summed E-state index contributed by atoms with van der Waals surface area (Å²) >= 11 is 0. The van der Waals surface area contributed by atoms with E-state index in [9.17, 15) is 19.5 Å². The van der Waals surface area contributed by atoms with Crippen molar-refractivity contribution in [3.8, 4) is 5.75 Å². The number of aliphatic carboxylic acids is 1. The molecule has 0 aliphatic heterocycles. The molecule has 0 saturated heterocycles. The van der Waals surface area contributed by atoms with Crippen LogP contribution in [0.2, 0.25) is 0 Å². The molecule has 154 valence electrons. The van der Waals surface area contributed by atoms with E-state index in [0.717, 1.165) is 24.0 Å². The van der Waals surface area contributed by atoms with Crippen LogP contribution in [0.4, 0.5) is 0 Å². The molecular weight excluding hydrogens is 386 g/mol. The molecule has 0 fully saturated rings. The molecule has 0 radical (unpaired) electrons. The predicted molar refractivity (Wildman–Crippen MR) is 107 cm³/mol. The summed E-state index contributed by atoms with van der Waals surface area (Å²) in [5.74, 6) is -1.57. The summed E-state index contributed by atoms with van der Waals surface area (Å²) in [6.45, 7) is 1.45. The van der Waals surface area contributed by atoms with E-state index in [4.69, 9.17) is 9.15 Å². The molecule has 0 unspecified atom stereocenters. The van der Waals surface area contributed by atoms with Gasteiger partial charge in [-0.15, -0.1) is 0 Å². The second-order valence-corrected chi connectivity index (χ2v) is 7.36. The first-order valence-corrected chi connectivity index (χ1v) is 9.71. The first kappa shape index (κ1) is 19.7. The third-order valence-corrected chi connectivity index (χ3v) is 5.21. The number of carboxylic acid groups (broad SMARTS) is 1. The Morgan fingerprint density at radius 3 is 2.63 bits per heavy atom. The van der Waals surface area contributed by atoms with E-state index >= 15 is 0 Å². The zero-order valence-corrected chi connectivity index (χ0v) is 16.4. The molecular formula is C23H20NO6-. The molecule has 4 rings (SSSR count). The highest BCUT2D eigenvalue weighted by atomic mass is 16.5. The van der Waals surface area contributed by atoms with E-state index in [-0.39, 0.29) is 12.2 Å². The Bertz CT molecular complexity index is 1180. The van der Waals surface area contributed by atoms with Gasteiger partial charge < -0.3 is 24.4 Å². The van der Waals surface area contributed by atoms with E-state index in [0.29, 0.717) is 34.3 Å². The van der Waals surface area contributed by atoms with Crippen LogP contribution in [-0.4, -0.2) is 18.5 Å². The molecule has 1 aliphatic carbocycles. The number of aryl methyl sites for hydroxylation is 2. The van der Waals surface area contributed by atoms with E-state index in [1.807, 2.05) is 6.92 Å². The van der Waals surface area contributed by atoms with Crippen LogP contribution in [0.15, 0.2) is 51.7 Å². The number of carbonyl (C=O) groups is 2. The minimum Gasteiger partial charge on any atom is -0.548 e. The number of amides is 1. The van der Waals surface area contributed by atoms with Crippen molar-refractivity contribution < 1.29 is 23.8 Å². The van der Waals surface area contributed by atoms with Gasteiger partial charge in [-0.1, -0.05) is 30.3 Å². The number of nitrogens with one attached hydrogen (secondary N) is 1. The summed E-state index contributed by atoms with van der Waals surface area (Å²) in [6, 6.07) is 10.6. The average molecular weight is 406 g/mol. The van der Waals surface area contributed by atoms with Crippen molar-refractivity contribution in [3.05, 3.63) is 75.1 Å². The van der Waals surface area contributed by atoms with Gasteiger partial charge in [0, 0.05) is 5.56 Å². The van der Waals surface area contributed by atoms with E-state index in [1.165, 1.54) is 0 Å². The monoisotopic (exact) mass is 406 g/mol. The summed E-state index contributed by atoms with van der Waals surface area (Å²) in [5.41, 5.74) is 2.87. The Morgan fingerprint density at radius 2 is 1.90 bits per heavy atom. The molecule has 3 aromatic rings. The van der Waals surface area contributed by atoms with Crippen LogP contribution in [0, 0.1) is 6.92 Å². The Hall–Kier alpha value is -3.61. The van der Waals surface area contributed by atoms with Crippen LogP contribution in [0.3, 0.4) is 0 Å². The minimum atomic E-state index is -1.41. The van der Waals surface area contributed by atoms with E-state index in [1.54, 1.807) is 42.5 Å². The van der Waals surface area contributed by atoms with E-state index in [2.05, 4.69) is 5.32 Å². The quantitative estimate of drug-likeness (QED) is 0.623. The van der Waals surface area contributed by atoms with Crippen molar-refractivity contribution in [2.75, 3.05) is 6.61 Å². The maximum Gasteiger partial charge on any atom is 0.339 e. The standard InChI is InChI=1S/C23H21NO6/c1-13-10-17(20-15-8-5-9-16(15)23(28)30-18(20)11-13)29-12-19(25)24-21(22(26)27)14-6-3-2-4-7-14/h2-4,6-7,10-11,21H,5,8-9,12H2,1H3,(H,24,25)(H,26,27)/p-1/t21-/m0/s1. The lowest BCUT2D eigenvalue weighted by molar-refractivity contribution is -0.308. The van der Waals surface area contributed by atoms with Gasteiger partial charge in [-0.2, -0.15) is 0 Å². The second-order valence-electron chi connectivity index (χ2n) is 7.36. The number of carboxylic acids is 1. The molecule has 0 saturated carbocycles. The molecule has 0 spiro atoms. The maximum atomic E-state index is 12.4. The highest BCUT2D eigenvalue weighted by Crippen LogP contribution is 2.35. The SMILES string of the molecule is Cc1cc(OCC(=O)N[C@H](C(=O)[O-])c2ccccc2)c2c3c(c(=O)oc2c1)CCC3. The van der Waals surface area contributed by atoms with Crippen molar-refractivity contribution in [2.45, 2.75) is 32.2 Å². The van der Waals surface area contributed by atoms with Crippen LogP contribution in [0.25, 0.3) is 11.0 Å². The number of rotatable bonds is 6. The summed E-state index contributed by atoms with van der Waals surface area (Å²) in [5, 5.41) is 14.6. The Morgan fingerprint density at radius 1 is 1.17 bits per heavy atom. The molecule has 1 aromatic heterocycles. The zero-order valence-electron chi connectivity index (χ0n) is 16.4. The van der Waals surface area contributed by atoms with Crippen molar-refractivity contribution in [1.29, 1.82) is 0 Å². The number of hydrogen-bond acceptors (Lipinski definition) is 6. The second kappa shape index (κ2) is 8.02. The number of ether oxygens (including phenoxy) is 1. The largest absolute Gasteiger partial charge is 0.548 e. The number of benzene rings is 2. The summed E-state index contributed by atoms with van der Waals surface area (Å²) in [6.07, 6.45) is 2.26. The zero-order chi connectivity index (χ0) is 21.3. The highest BCUT2D eigenvalue weighted by molar-refractivity contribution is 5.90. The van der Waals surface area contributed by atoms with E-state index < -0.39 is 17.9 Å². The van der Waals surface area contributed by atoms with Crippen LogP contribution in [0.1, 0.15) is 34.7 Å². The average Bonchev–Trinajstić information content (AvgIpc) is 3.21. The predicted octanol–water partition coefficient (Wildman–Crippen LogP) is 1.58. The van der Waals surface area contributed by atoms with Gasteiger partial charge in [-0.25, -0.2) is 4.79 Å². The Labute approximate surface area is 172 Å². The summed E-state index contributed by atoms with van der Waals surface area (Å²) < 4.78 is 11.2.